The van der Waals surface area contributed by atoms with E-state index in [0.717, 1.165) is 16.8 Å². The Bertz CT molecular complexity index is 1500. The van der Waals surface area contributed by atoms with Crippen molar-refractivity contribution in [3.05, 3.63) is 92.7 Å². The monoisotopic (exact) mass is 529 g/mol. The molecule has 172 valence electrons. The molecule has 0 N–H and O–H groups in total. The van der Waals surface area contributed by atoms with Gasteiger partial charge in [0.1, 0.15) is 5.75 Å². The predicted molar refractivity (Wildman–Crippen MR) is 125 cm³/mol. The zero-order valence-electron chi connectivity index (χ0n) is 17.5. The van der Waals surface area contributed by atoms with Gasteiger partial charge in [-0.2, -0.15) is 22.9 Å². The van der Waals surface area contributed by atoms with Gasteiger partial charge in [-0.25, -0.2) is 4.98 Å². The van der Waals surface area contributed by atoms with Crippen molar-refractivity contribution in [2.24, 2.45) is 5.10 Å². The highest BCUT2D eigenvalue weighted by atomic mass is 79.9. The van der Waals surface area contributed by atoms with Crippen molar-refractivity contribution in [2.75, 3.05) is 0 Å². The van der Waals surface area contributed by atoms with E-state index in [1.165, 1.54) is 25.3 Å². The number of aromatic nitrogens is 2. The second kappa shape index (κ2) is 9.22. The van der Waals surface area contributed by atoms with E-state index in [2.05, 4.69) is 26.0 Å². The molecule has 0 unspecified atom stereocenters. The fourth-order valence-corrected chi connectivity index (χ4v) is 3.69. The number of fused-ring (bicyclic) bond motifs is 1. The van der Waals surface area contributed by atoms with Crippen LogP contribution in [0.1, 0.15) is 18.1 Å². The van der Waals surface area contributed by atoms with Crippen LogP contribution in [0.25, 0.3) is 22.3 Å². The SMILES string of the molecule is CC(=O)Oc1ccc(C=Nn2c(-c3cccc(C(F)(F)F)c3)nc3ccccc3c2=O)cc1Br. The van der Waals surface area contributed by atoms with Gasteiger partial charge in [0.15, 0.2) is 5.82 Å². The summed E-state index contributed by atoms with van der Waals surface area (Å²) < 4.78 is 46.3. The minimum atomic E-state index is -4.56. The van der Waals surface area contributed by atoms with Gasteiger partial charge in [-0.3, -0.25) is 9.59 Å². The van der Waals surface area contributed by atoms with Gasteiger partial charge in [-0.1, -0.05) is 24.3 Å². The van der Waals surface area contributed by atoms with Crippen molar-refractivity contribution in [1.82, 2.24) is 9.66 Å². The minimum Gasteiger partial charge on any atom is -0.426 e. The molecule has 10 heteroatoms. The Hall–Kier alpha value is -3.79. The topological polar surface area (TPSA) is 73.5 Å². The largest absolute Gasteiger partial charge is 0.426 e. The highest BCUT2D eigenvalue weighted by Gasteiger charge is 2.31. The van der Waals surface area contributed by atoms with Gasteiger partial charge >= 0.3 is 12.1 Å². The molecule has 6 nitrogen and oxygen atoms in total. The van der Waals surface area contributed by atoms with Crippen molar-refractivity contribution in [3.63, 3.8) is 0 Å². The van der Waals surface area contributed by atoms with Gasteiger partial charge in [-0.05, 0) is 64.0 Å². The zero-order chi connectivity index (χ0) is 24.5. The molecule has 3 aromatic carbocycles. The molecule has 0 fully saturated rings. The van der Waals surface area contributed by atoms with Gasteiger partial charge in [0.05, 0.1) is 27.2 Å². The Morgan fingerprint density at radius 1 is 1.09 bits per heavy atom. The lowest BCUT2D eigenvalue weighted by Crippen LogP contribution is -2.20. The molecule has 1 heterocycles. The van der Waals surface area contributed by atoms with E-state index in [-0.39, 0.29) is 16.8 Å². The van der Waals surface area contributed by atoms with E-state index in [4.69, 9.17) is 4.74 Å². The summed E-state index contributed by atoms with van der Waals surface area (Å²) in [6, 6.07) is 15.8. The molecule has 0 aliphatic heterocycles. The first-order valence-corrected chi connectivity index (χ1v) is 10.6. The van der Waals surface area contributed by atoms with E-state index < -0.39 is 23.3 Å². The highest BCUT2D eigenvalue weighted by Crippen LogP contribution is 2.32. The number of rotatable bonds is 4. The highest BCUT2D eigenvalue weighted by molar-refractivity contribution is 9.10. The van der Waals surface area contributed by atoms with Gasteiger partial charge in [0.2, 0.25) is 0 Å². The Morgan fingerprint density at radius 3 is 2.56 bits per heavy atom. The number of carbonyl (C=O) groups is 1. The standard InChI is InChI=1S/C24H15BrF3N3O3/c1-14(32)34-21-10-9-15(11-19(21)25)13-29-31-22(16-5-4-6-17(12-16)24(26,27)28)30-20-8-3-2-7-18(20)23(31)33/h2-13H,1H3. The summed E-state index contributed by atoms with van der Waals surface area (Å²) in [5.41, 5.74) is -0.448. The third kappa shape index (κ3) is 4.91. The number of benzene rings is 3. The molecular weight excluding hydrogens is 515 g/mol. The maximum atomic E-state index is 13.3. The van der Waals surface area contributed by atoms with Gasteiger partial charge in [0, 0.05) is 12.5 Å². The second-order valence-electron chi connectivity index (χ2n) is 7.18. The van der Waals surface area contributed by atoms with Gasteiger partial charge in [0.25, 0.3) is 5.56 Å². The Balaban J connectivity index is 1.86. The molecule has 0 aliphatic carbocycles. The number of alkyl halides is 3. The van der Waals surface area contributed by atoms with E-state index in [0.29, 0.717) is 21.3 Å². The lowest BCUT2D eigenvalue weighted by Gasteiger charge is -2.12. The lowest BCUT2D eigenvalue weighted by atomic mass is 10.1. The van der Waals surface area contributed by atoms with Crippen LogP contribution < -0.4 is 10.3 Å². The summed E-state index contributed by atoms with van der Waals surface area (Å²) in [7, 11) is 0. The van der Waals surface area contributed by atoms with Crippen LogP contribution in [0.2, 0.25) is 0 Å². The molecule has 0 bridgehead atoms. The fourth-order valence-electron chi connectivity index (χ4n) is 3.21. The molecule has 0 atom stereocenters. The number of hydrogen-bond acceptors (Lipinski definition) is 5. The molecule has 34 heavy (non-hydrogen) atoms. The summed E-state index contributed by atoms with van der Waals surface area (Å²) in [5.74, 6) is -0.220. The third-order valence-corrected chi connectivity index (χ3v) is 5.35. The van der Waals surface area contributed by atoms with Crippen molar-refractivity contribution >= 4 is 39.0 Å². The number of halogens is 4. The maximum absolute atomic E-state index is 13.3. The van der Waals surface area contributed by atoms with Crippen LogP contribution in [0.5, 0.6) is 5.75 Å². The van der Waals surface area contributed by atoms with Crippen LogP contribution in [0.3, 0.4) is 0 Å². The molecule has 4 aromatic rings. The van der Waals surface area contributed by atoms with Crippen LogP contribution in [0.4, 0.5) is 13.2 Å². The number of ether oxygens (including phenoxy) is 1. The minimum absolute atomic E-state index is 0.0401. The first-order chi connectivity index (χ1) is 16.1. The van der Waals surface area contributed by atoms with Gasteiger partial charge in [-0.15, -0.1) is 0 Å². The Kier molecular flexibility index (Phi) is 6.34. The van der Waals surface area contributed by atoms with E-state index in [1.54, 1.807) is 42.5 Å². The van der Waals surface area contributed by atoms with E-state index in [1.807, 2.05) is 0 Å². The molecule has 0 spiro atoms. The van der Waals surface area contributed by atoms with Crippen LogP contribution in [0.15, 0.2) is 81.1 Å². The van der Waals surface area contributed by atoms with Crippen molar-refractivity contribution < 1.29 is 22.7 Å². The summed E-state index contributed by atoms with van der Waals surface area (Å²) in [5, 5.41) is 4.50. The second-order valence-corrected chi connectivity index (χ2v) is 8.03. The summed E-state index contributed by atoms with van der Waals surface area (Å²) in [4.78, 5) is 28.8. The average Bonchev–Trinajstić information content (AvgIpc) is 2.79. The first-order valence-electron chi connectivity index (χ1n) is 9.85. The molecule has 0 aliphatic rings. The molecule has 4 rings (SSSR count). The summed E-state index contributed by atoms with van der Waals surface area (Å²) >= 11 is 3.30. The van der Waals surface area contributed by atoms with Crippen LogP contribution in [-0.2, 0) is 11.0 Å². The Labute approximate surface area is 199 Å². The first kappa shape index (κ1) is 23.4. The van der Waals surface area contributed by atoms with E-state index in [9.17, 15) is 22.8 Å². The molecule has 0 radical (unpaired) electrons. The number of para-hydroxylation sites is 1. The lowest BCUT2D eigenvalue weighted by molar-refractivity contribution is -0.137. The van der Waals surface area contributed by atoms with Crippen molar-refractivity contribution in [3.8, 4) is 17.1 Å². The third-order valence-electron chi connectivity index (χ3n) is 4.73. The molecule has 0 amide bonds. The number of hydrogen-bond donors (Lipinski definition) is 0. The fraction of sp³-hybridized carbons (Fsp3) is 0.0833. The smallest absolute Gasteiger partial charge is 0.416 e. The van der Waals surface area contributed by atoms with Crippen molar-refractivity contribution in [1.29, 1.82) is 0 Å². The summed E-state index contributed by atoms with van der Waals surface area (Å²) in [6.07, 6.45) is -3.20. The number of carbonyl (C=O) groups excluding carboxylic acids is 1. The normalized spacial score (nSPS) is 11.8. The van der Waals surface area contributed by atoms with E-state index >= 15 is 0 Å². The Morgan fingerprint density at radius 2 is 1.85 bits per heavy atom. The predicted octanol–water partition coefficient (Wildman–Crippen LogP) is 5.65. The zero-order valence-corrected chi connectivity index (χ0v) is 19.1. The molecule has 0 saturated heterocycles. The number of esters is 1. The summed E-state index contributed by atoms with van der Waals surface area (Å²) in [6.45, 7) is 1.27. The van der Waals surface area contributed by atoms with Crippen LogP contribution in [0, 0.1) is 0 Å². The van der Waals surface area contributed by atoms with Crippen molar-refractivity contribution in [2.45, 2.75) is 13.1 Å². The molecule has 1 aromatic heterocycles. The maximum Gasteiger partial charge on any atom is 0.416 e. The quantitative estimate of drug-likeness (QED) is 0.194. The average molecular weight is 530 g/mol. The van der Waals surface area contributed by atoms with Crippen LogP contribution in [-0.4, -0.2) is 21.8 Å². The van der Waals surface area contributed by atoms with Crippen LogP contribution >= 0.6 is 15.9 Å². The molecular formula is C24H15BrF3N3O3. The number of nitrogens with zero attached hydrogens (tertiary/aromatic N) is 3. The molecule has 0 saturated carbocycles. The van der Waals surface area contributed by atoms with Gasteiger partial charge < -0.3 is 4.74 Å².